The predicted octanol–water partition coefficient (Wildman–Crippen LogP) is 3.67. The number of hydrogen-bond donors (Lipinski definition) is 0. The average molecular weight is 322 g/mol. The Hall–Kier alpha value is -2.04. The van der Waals surface area contributed by atoms with Gasteiger partial charge in [0, 0.05) is 12.6 Å². The van der Waals surface area contributed by atoms with E-state index in [-0.39, 0.29) is 21.4 Å². The molecule has 0 spiro atoms. The number of benzene rings is 2. The van der Waals surface area contributed by atoms with Crippen molar-refractivity contribution >= 4 is 40.1 Å². The number of rotatable bonds is 2. The largest absolute Gasteiger partial charge is 0.419 e. The molecule has 0 fully saturated rings. The van der Waals surface area contributed by atoms with Crippen LogP contribution in [-0.4, -0.2) is 10.4 Å². The van der Waals surface area contributed by atoms with Gasteiger partial charge in [-0.15, -0.1) is 0 Å². The molecule has 106 valence electrons. The molecule has 0 atom stereocenters. The zero-order valence-corrected chi connectivity index (χ0v) is 12.4. The number of carbonyl (C=O) groups is 1. The molecular weight excluding hydrogens is 313 g/mol. The summed E-state index contributed by atoms with van der Waals surface area (Å²) >= 11 is 12.1. The number of ketones is 1. The number of aromatic nitrogens is 1. The first-order valence-electron chi connectivity index (χ1n) is 6.07. The van der Waals surface area contributed by atoms with Gasteiger partial charge in [0.05, 0.1) is 21.1 Å². The summed E-state index contributed by atoms with van der Waals surface area (Å²) in [7, 11) is 1.60. The third-order valence-corrected chi connectivity index (χ3v) is 3.87. The lowest BCUT2D eigenvalue weighted by molar-refractivity contribution is 0.103. The summed E-state index contributed by atoms with van der Waals surface area (Å²) in [5.41, 5.74) is 1.55. The van der Waals surface area contributed by atoms with Crippen molar-refractivity contribution < 1.29 is 9.21 Å². The van der Waals surface area contributed by atoms with Crippen LogP contribution in [0.4, 0.5) is 0 Å². The van der Waals surface area contributed by atoms with E-state index in [4.69, 9.17) is 27.6 Å². The first-order valence-corrected chi connectivity index (χ1v) is 6.83. The van der Waals surface area contributed by atoms with Gasteiger partial charge in [0.1, 0.15) is 0 Å². The fraction of sp³-hybridized carbons (Fsp3) is 0.0667. The Kier molecular flexibility index (Phi) is 3.35. The molecule has 6 heteroatoms. The molecule has 0 saturated heterocycles. The van der Waals surface area contributed by atoms with Crippen molar-refractivity contribution in [3.05, 3.63) is 68.1 Å². The molecular formula is C15H9Cl2NO3. The Morgan fingerprint density at radius 2 is 1.81 bits per heavy atom. The van der Waals surface area contributed by atoms with Crippen LogP contribution in [0.3, 0.4) is 0 Å². The number of nitrogens with zero attached hydrogens (tertiary/aromatic N) is 1. The van der Waals surface area contributed by atoms with E-state index in [0.29, 0.717) is 16.7 Å². The van der Waals surface area contributed by atoms with E-state index in [0.717, 1.165) is 0 Å². The van der Waals surface area contributed by atoms with Crippen LogP contribution in [0, 0.1) is 0 Å². The van der Waals surface area contributed by atoms with Gasteiger partial charge in [0.25, 0.3) is 0 Å². The van der Waals surface area contributed by atoms with Gasteiger partial charge < -0.3 is 4.42 Å². The molecule has 0 amide bonds. The molecule has 0 unspecified atom stereocenters. The van der Waals surface area contributed by atoms with Crippen LogP contribution in [0.15, 0.2) is 45.6 Å². The monoisotopic (exact) mass is 321 g/mol. The molecule has 0 saturated carbocycles. The van der Waals surface area contributed by atoms with Crippen LogP contribution in [0.25, 0.3) is 11.1 Å². The topological polar surface area (TPSA) is 52.2 Å². The summed E-state index contributed by atoms with van der Waals surface area (Å²) in [6, 6.07) is 9.64. The third-order valence-electron chi connectivity index (χ3n) is 3.24. The quantitative estimate of drug-likeness (QED) is 0.677. The zero-order chi connectivity index (χ0) is 15.1. The molecule has 0 radical (unpaired) electrons. The summed E-state index contributed by atoms with van der Waals surface area (Å²) in [5.74, 6) is -0.802. The highest BCUT2D eigenvalue weighted by Crippen LogP contribution is 2.27. The molecule has 4 nitrogen and oxygen atoms in total. The first-order chi connectivity index (χ1) is 9.99. The van der Waals surface area contributed by atoms with Gasteiger partial charge in [-0.2, -0.15) is 0 Å². The maximum absolute atomic E-state index is 12.5. The fourth-order valence-electron chi connectivity index (χ4n) is 2.13. The smallest absolute Gasteiger partial charge is 0.408 e. The Morgan fingerprint density at radius 3 is 2.48 bits per heavy atom. The number of halogens is 2. The van der Waals surface area contributed by atoms with Crippen LogP contribution in [0.1, 0.15) is 15.9 Å². The minimum atomic E-state index is -0.481. The highest BCUT2D eigenvalue weighted by atomic mass is 35.5. The van der Waals surface area contributed by atoms with Crippen LogP contribution >= 0.6 is 23.2 Å². The van der Waals surface area contributed by atoms with Crippen molar-refractivity contribution in [2.24, 2.45) is 7.05 Å². The Labute approximate surface area is 129 Å². The second-order valence-corrected chi connectivity index (χ2v) is 5.35. The molecule has 1 heterocycles. The molecule has 3 aromatic rings. The van der Waals surface area contributed by atoms with Crippen molar-refractivity contribution in [2.75, 3.05) is 0 Å². The van der Waals surface area contributed by atoms with E-state index in [1.807, 2.05) is 0 Å². The first kappa shape index (κ1) is 13.9. The van der Waals surface area contributed by atoms with Gasteiger partial charge in [-0.25, -0.2) is 4.79 Å². The SMILES string of the molecule is Cn1c(=O)oc2cc(C(=O)c3c(Cl)cccc3Cl)ccc21. The minimum Gasteiger partial charge on any atom is -0.408 e. The molecule has 0 bridgehead atoms. The number of hydrogen-bond acceptors (Lipinski definition) is 3. The Morgan fingerprint density at radius 1 is 1.14 bits per heavy atom. The van der Waals surface area contributed by atoms with Gasteiger partial charge in [0.2, 0.25) is 0 Å². The van der Waals surface area contributed by atoms with Gasteiger partial charge >= 0.3 is 5.76 Å². The molecule has 1 aromatic heterocycles. The lowest BCUT2D eigenvalue weighted by Gasteiger charge is -2.06. The summed E-state index contributed by atoms with van der Waals surface area (Å²) in [4.78, 5) is 24.0. The second-order valence-electron chi connectivity index (χ2n) is 4.54. The molecule has 0 N–H and O–H groups in total. The number of aryl methyl sites for hydroxylation is 1. The zero-order valence-electron chi connectivity index (χ0n) is 10.9. The molecule has 0 aliphatic heterocycles. The Balaban J connectivity index is 2.16. The van der Waals surface area contributed by atoms with Crippen LogP contribution < -0.4 is 5.76 Å². The van der Waals surface area contributed by atoms with Crippen molar-refractivity contribution in [3.63, 3.8) is 0 Å². The normalized spacial score (nSPS) is 11.0. The van der Waals surface area contributed by atoms with E-state index in [1.54, 1.807) is 37.4 Å². The number of oxazole rings is 1. The molecule has 0 aliphatic rings. The summed E-state index contributed by atoms with van der Waals surface area (Å²) < 4.78 is 6.44. The molecule has 0 aliphatic carbocycles. The number of fused-ring (bicyclic) bond motifs is 1. The van der Waals surface area contributed by atoms with Crippen LogP contribution in [0.5, 0.6) is 0 Å². The predicted molar refractivity (Wildman–Crippen MR) is 81.3 cm³/mol. The van der Waals surface area contributed by atoms with Crippen molar-refractivity contribution in [1.82, 2.24) is 4.57 Å². The summed E-state index contributed by atoms with van der Waals surface area (Å²) in [6.45, 7) is 0. The van der Waals surface area contributed by atoms with E-state index >= 15 is 0 Å². The summed E-state index contributed by atoms with van der Waals surface area (Å²) in [6.07, 6.45) is 0. The molecule has 2 aromatic carbocycles. The van der Waals surface area contributed by atoms with Gasteiger partial charge in [0.15, 0.2) is 11.4 Å². The van der Waals surface area contributed by atoms with E-state index in [2.05, 4.69) is 0 Å². The van der Waals surface area contributed by atoms with E-state index in [9.17, 15) is 9.59 Å². The van der Waals surface area contributed by atoms with Gasteiger partial charge in [-0.1, -0.05) is 29.3 Å². The Bertz CT molecular complexity index is 904. The van der Waals surface area contributed by atoms with Gasteiger partial charge in [-0.05, 0) is 30.3 Å². The minimum absolute atomic E-state index is 0.235. The lowest BCUT2D eigenvalue weighted by Crippen LogP contribution is -2.08. The average Bonchev–Trinajstić information content (AvgIpc) is 2.73. The van der Waals surface area contributed by atoms with Crippen molar-refractivity contribution in [1.29, 1.82) is 0 Å². The van der Waals surface area contributed by atoms with E-state index < -0.39 is 5.76 Å². The highest BCUT2D eigenvalue weighted by molar-refractivity contribution is 6.41. The lowest BCUT2D eigenvalue weighted by atomic mass is 10.0. The van der Waals surface area contributed by atoms with Crippen LogP contribution in [0.2, 0.25) is 10.0 Å². The highest BCUT2D eigenvalue weighted by Gasteiger charge is 2.18. The van der Waals surface area contributed by atoms with Gasteiger partial charge in [-0.3, -0.25) is 9.36 Å². The van der Waals surface area contributed by atoms with Crippen LogP contribution in [-0.2, 0) is 7.05 Å². The number of carbonyl (C=O) groups excluding carboxylic acids is 1. The molecule has 21 heavy (non-hydrogen) atoms. The fourth-order valence-corrected chi connectivity index (χ4v) is 2.70. The standard InChI is InChI=1S/C15H9Cl2NO3/c1-18-11-6-5-8(7-12(11)21-15(18)20)14(19)13-9(16)3-2-4-10(13)17/h2-7H,1H3. The summed E-state index contributed by atoms with van der Waals surface area (Å²) in [5, 5.41) is 0.559. The maximum atomic E-state index is 12.5. The van der Waals surface area contributed by atoms with Crippen molar-refractivity contribution in [3.8, 4) is 0 Å². The van der Waals surface area contributed by atoms with Crippen molar-refractivity contribution in [2.45, 2.75) is 0 Å². The molecule has 3 rings (SSSR count). The van der Waals surface area contributed by atoms with E-state index in [1.165, 1.54) is 10.6 Å². The second kappa shape index (κ2) is 5.06. The maximum Gasteiger partial charge on any atom is 0.419 e. The third kappa shape index (κ3) is 2.26.